The molecule has 0 aliphatic carbocycles. The third kappa shape index (κ3) is 7.83. The fraction of sp³-hybridized carbons (Fsp3) is 0.364. The van der Waals surface area contributed by atoms with Gasteiger partial charge >= 0.3 is 5.97 Å². The van der Waals surface area contributed by atoms with Gasteiger partial charge in [0, 0.05) is 37.4 Å². The van der Waals surface area contributed by atoms with Crippen molar-refractivity contribution in [3.8, 4) is 0 Å². The fourth-order valence-corrected chi connectivity index (χ4v) is 3.09. The Hall–Kier alpha value is -2.93. The van der Waals surface area contributed by atoms with E-state index in [1.807, 2.05) is 6.07 Å². The van der Waals surface area contributed by atoms with Crippen molar-refractivity contribution in [1.29, 1.82) is 0 Å². The van der Waals surface area contributed by atoms with Crippen LogP contribution in [0.4, 0.5) is 0 Å². The van der Waals surface area contributed by atoms with Gasteiger partial charge in [-0.05, 0) is 36.2 Å². The van der Waals surface area contributed by atoms with E-state index in [9.17, 15) is 14.4 Å². The van der Waals surface area contributed by atoms with Gasteiger partial charge in [-0.25, -0.2) is 0 Å². The van der Waals surface area contributed by atoms with Gasteiger partial charge in [0.05, 0.1) is 25.5 Å². The first-order valence-corrected chi connectivity index (χ1v) is 10.1. The molecule has 0 saturated carbocycles. The summed E-state index contributed by atoms with van der Waals surface area (Å²) < 4.78 is 4.98. The fourth-order valence-electron chi connectivity index (χ4n) is 2.96. The number of aromatic nitrogens is 1. The lowest BCUT2D eigenvalue weighted by Gasteiger charge is -2.26. The summed E-state index contributed by atoms with van der Waals surface area (Å²) in [6.45, 7) is 3.94. The molecule has 30 heavy (non-hydrogen) atoms. The highest BCUT2D eigenvalue weighted by Crippen LogP contribution is 2.21. The Morgan fingerprint density at radius 1 is 1.20 bits per heavy atom. The second kappa shape index (κ2) is 11.9. The van der Waals surface area contributed by atoms with Crippen LogP contribution in [0, 0.1) is 0 Å². The zero-order valence-corrected chi connectivity index (χ0v) is 17.9. The second-order valence-corrected chi connectivity index (χ2v) is 7.18. The molecule has 160 valence electrons. The predicted molar refractivity (Wildman–Crippen MR) is 114 cm³/mol. The maximum absolute atomic E-state index is 13.1. The minimum atomic E-state index is -0.508. The van der Waals surface area contributed by atoms with E-state index in [0.717, 1.165) is 11.1 Å². The largest absolute Gasteiger partial charge is 0.466 e. The highest BCUT2D eigenvalue weighted by atomic mass is 35.5. The molecule has 1 atom stereocenters. The monoisotopic (exact) mass is 431 g/mol. The third-order valence-electron chi connectivity index (χ3n) is 4.37. The molecule has 1 N–H and O–H groups in total. The number of carbonyl (C=O) groups is 3. The van der Waals surface area contributed by atoms with Crippen molar-refractivity contribution in [1.82, 2.24) is 15.2 Å². The molecule has 0 fully saturated rings. The number of hydrogen-bond acceptors (Lipinski definition) is 5. The number of pyridine rings is 1. The van der Waals surface area contributed by atoms with E-state index in [4.69, 9.17) is 16.3 Å². The lowest BCUT2D eigenvalue weighted by atomic mass is 10.0. The number of halogens is 1. The molecule has 0 aliphatic heterocycles. The lowest BCUT2D eigenvalue weighted by molar-refractivity contribution is -0.144. The quantitative estimate of drug-likeness (QED) is 0.583. The van der Waals surface area contributed by atoms with E-state index in [1.54, 1.807) is 54.5 Å². The number of benzene rings is 1. The van der Waals surface area contributed by atoms with Crippen LogP contribution in [0.15, 0.2) is 48.8 Å². The van der Waals surface area contributed by atoms with Crippen LogP contribution in [-0.2, 0) is 25.7 Å². The average molecular weight is 432 g/mol. The lowest BCUT2D eigenvalue weighted by Crippen LogP contribution is -2.37. The SMILES string of the molecule is CCOC(=O)CCN(Cc1cccnc1)C(=O)CC(NC(C)=O)c1ccc(Cl)cc1. The molecule has 0 radical (unpaired) electrons. The van der Waals surface area contributed by atoms with Gasteiger partial charge in [-0.2, -0.15) is 0 Å². The number of nitrogens with one attached hydrogen (secondary N) is 1. The van der Waals surface area contributed by atoms with E-state index >= 15 is 0 Å². The molecule has 0 bridgehead atoms. The summed E-state index contributed by atoms with van der Waals surface area (Å²) in [7, 11) is 0. The van der Waals surface area contributed by atoms with Crippen molar-refractivity contribution < 1.29 is 19.1 Å². The second-order valence-electron chi connectivity index (χ2n) is 6.74. The average Bonchev–Trinajstić information content (AvgIpc) is 2.71. The molecule has 2 aromatic rings. The number of nitrogens with zero attached hydrogens (tertiary/aromatic N) is 2. The zero-order valence-electron chi connectivity index (χ0n) is 17.1. The molecule has 1 unspecified atom stereocenters. The Morgan fingerprint density at radius 3 is 2.53 bits per heavy atom. The van der Waals surface area contributed by atoms with Gasteiger partial charge in [-0.3, -0.25) is 19.4 Å². The normalized spacial score (nSPS) is 11.4. The third-order valence-corrected chi connectivity index (χ3v) is 4.62. The number of esters is 1. The number of ether oxygens (including phenoxy) is 1. The van der Waals surface area contributed by atoms with Crippen molar-refractivity contribution in [2.45, 2.75) is 39.3 Å². The van der Waals surface area contributed by atoms with Crippen LogP contribution >= 0.6 is 11.6 Å². The molecule has 0 saturated heterocycles. The number of hydrogen-bond donors (Lipinski definition) is 1. The number of carbonyl (C=O) groups excluding carboxylic acids is 3. The zero-order chi connectivity index (χ0) is 21.9. The summed E-state index contributed by atoms with van der Waals surface area (Å²) in [4.78, 5) is 42.3. The minimum absolute atomic E-state index is 0.0459. The molecule has 0 aliphatic rings. The first-order chi connectivity index (χ1) is 14.4. The van der Waals surface area contributed by atoms with E-state index in [1.165, 1.54) is 6.92 Å². The predicted octanol–water partition coefficient (Wildman–Crippen LogP) is 3.28. The topological polar surface area (TPSA) is 88.6 Å². The van der Waals surface area contributed by atoms with Crippen LogP contribution in [-0.4, -0.2) is 40.8 Å². The number of amides is 2. The van der Waals surface area contributed by atoms with Crippen molar-refractivity contribution in [3.05, 3.63) is 64.9 Å². The molecule has 0 spiro atoms. The van der Waals surface area contributed by atoms with E-state index < -0.39 is 6.04 Å². The molecular formula is C22H26ClN3O4. The summed E-state index contributed by atoms with van der Waals surface area (Å²) in [5, 5.41) is 3.39. The van der Waals surface area contributed by atoms with Gasteiger partial charge in [-0.15, -0.1) is 0 Å². The Labute approximate surface area is 181 Å². The Bertz CT molecular complexity index is 843. The first-order valence-electron chi connectivity index (χ1n) is 9.74. The van der Waals surface area contributed by atoms with Gasteiger partial charge in [0.2, 0.25) is 11.8 Å². The highest BCUT2D eigenvalue weighted by molar-refractivity contribution is 6.30. The summed E-state index contributed by atoms with van der Waals surface area (Å²) in [6, 6.07) is 10.1. The van der Waals surface area contributed by atoms with Gasteiger partial charge < -0.3 is 15.0 Å². The van der Waals surface area contributed by atoms with Crippen LogP contribution in [0.2, 0.25) is 5.02 Å². The van der Waals surface area contributed by atoms with Crippen LogP contribution in [0.1, 0.15) is 43.9 Å². The van der Waals surface area contributed by atoms with Gasteiger partial charge in [0.25, 0.3) is 0 Å². The Kier molecular flexibility index (Phi) is 9.28. The minimum Gasteiger partial charge on any atom is -0.466 e. The van der Waals surface area contributed by atoms with Crippen LogP contribution in [0.5, 0.6) is 0 Å². The molecule has 7 nitrogen and oxygen atoms in total. The summed E-state index contributed by atoms with van der Waals surface area (Å²) in [5.74, 6) is -0.803. The molecular weight excluding hydrogens is 406 g/mol. The highest BCUT2D eigenvalue weighted by Gasteiger charge is 2.22. The molecule has 2 rings (SSSR count). The van der Waals surface area contributed by atoms with Gasteiger partial charge in [-0.1, -0.05) is 29.8 Å². The molecule has 1 heterocycles. The van der Waals surface area contributed by atoms with Crippen LogP contribution < -0.4 is 5.32 Å². The maximum atomic E-state index is 13.1. The Balaban J connectivity index is 2.16. The number of rotatable bonds is 10. The van der Waals surface area contributed by atoms with Crippen molar-refractivity contribution in [2.75, 3.05) is 13.2 Å². The Morgan fingerprint density at radius 2 is 1.93 bits per heavy atom. The summed E-state index contributed by atoms with van der Waals surface area (Å²) in [5.41, 5.74) is 1.62. The first kappa shape index (κ1) is 23.3. The standard InChI is InChI=1S/C22H26ClN3O4/c1-3-30-22(29)10-12-26(15-17-5-4-11-24-14-17)21(28)13-20(25-16(2)27)18-6-8-19(23)9-7-18/h4-9,11,14,20H,3,10,12-13,15H2,1-2H3,(H,25,27). The van der Waals surface area contributed by atoms with E-state index in [-0.39, 0.29) is 43.8 Å². The smallest absolute Gasteiger partial charge is 0.307 e. The maximum Gasteiger partial charge on any atom is 0.307 e. The van der Waals surface area contributed by atoms with Crippen LogP contribution in [0.25, 0.3) is 0 Å². The van der Waals surface area contributed by atoms with E-state index in [0.29, 0.717) is 11.6 Å². The molecule has 1 aromatic carbocycles. The van der Waals surface area contributed by atoms with Crippen molar-refractivity contribution >= 4 is 29.4 Å². The van der Waals surface area contributed by atoms with E-state index in [2.05, 4.69) is 10.3 Å². The molecule has 1 aromatic heterocycles. The van der Waals surface area contributed by atoms with Crippen molar-refractivity contribution in [3.63, 3.8) is 0 Å². The van der Waals surface area contributed by atoms with Gasteiger partial charge in [0.15, 0.2) is 0 Å². The van der Waals surface area contributed by atoms with Gasteiger partial charge in [0.1, 0.15) is 0 Å². The molecule has 8 heteroatoms. The molecule has 2 amide bonds. The summed E-state index contributed by atoms with van der Waals surface area (Å²) >= 11 is 5.95. The summed E-state index contributed by atoms with van der Waals surface area (Å²) in [6.07, 6.45) is 3.46. The van der Waals surface area contributed by atoms with Crippen LogP contribution in [0.3, 0.4) is 0 Å². The van der Waals surface area contributed by atoms with Crippen molar-refractivity contribution in [2.24, 2.45) is 0 Å².